The molecule has 10 heteroatoms. The monoisotopic (exact) mass is 410 g/mol. The van der Waals surface area contributed by atoms with Crippen molar-refractivity contribution >= 4 is 27.9 Å². The van der Waals surface area contributed by atoms with Gasteiger partial charge in [-0.2, -0.15) is 22.8 Å². The summed E-state index contributed by atoms with van der Waals surface area (Å²) in [6, 6.07) is 6.33. The molecular formula is C17H10F4N4S2. The van der Waals surface area contributed by atoms with Gasteiger partial charge in [0.2, 0.25) is 5.95 Å². The van der Waals surface area contributed by atoms with E-state index in [9.17, 15) is 22.8 Å². The molecule has 0 bridgehead atoms. The van der Waals surface area contributed by atoms with Gasteiger partial charge in [-0.3, -0.25) is 4.99 Å². The molecule has 4 nitrogen and oxygen atoms in total. The second kappa shape index (κ2) is 6.49. The minimum atomic E-state index is -4.49. The zero-order valence-electron chi connectivity index (χ0n) is 13.5. The molecule has 4 rings (SSSR count). The summed E-state index contributed by atoms with van der Waals surface area (Å²) < 4.78 is 52.5. The molecule has 2 heterocycles. The highest BCUT2D eigenvalue weighted by molar-refractivity contribution is 8.38. The molecule has 0 atom stereocenters. The predicted molar refractivity (Wildman–Crippen MR) is 93.6 cm³/mol. The maximum atomic E-state index is 13.4. The smallest absolute Gasteiger partial charge is 0.260 e. The SMILES string of the molecule is N#Cc1cc(C(F)(F)F)ccc1CSC1=NC2(CC2)c2cc(F)nnc2S1. The zero-order valence-corrected chi connectivity index (χ0v) is 15.2. The van der Waals surface area contributed by atoms with Gasteiger partial charge < -0.3 is 0 Å². The first kappa shape index (κ1) is 18.3. The van der Waals surface area contributed by atoms with Crippen LogP contribution in [-0.2, 0) is 17.5 Å². The van der Waals surface area contributed by atoms with Crippen LogP contribution in [0.2, 0.25) is 0 Å². The summed E-state index contributed by atoms with van der Waals surface area (Å²) in [4.78, 5) is 4.68. The summed E-state index contributed by atoms with van der Waals surface area (Å²) >= 11 is 2.58. The van der Waals surface area contributed by atoms with Gasteiger partial charge in [0, 0.05) is 17.4 Å². The van der Waals surface area contributed by atoms with Crippen LogP contribution < -0.4 is 0 Å². The van der Waals surface area contributed by atoms with Crippen LogP contribution >= 0.6 is 23.5 Å². The van der Waals surface area contributed by atoms with Crippen molar-refractivity contribution in [3.05, 3.63) is 52.5 Å². The topological polar surface area (TPSA) is 61.9 Å². The quantitative estimate of drug-likeness (QED) is 0.660. The second-order valence-corrected chi connectivity index (χ2v) is 8.37. The van der Waals surface area contributed by atoms with Crippen LogP contribution in [0.1, 0.15) is 35.1 Å². The molecule has 1 aliphatic carbocycles. The Balaban J connectivity index is 1.54. The molecule has 1 spiro atoms. The van der Waals surface area contributed by atoms with Crippen LogP contribution in [0.5, 0.6) is 0 Å². The normalized spacial score (nSPS) is 17.2. The van der Waals surface area contributed by atoms with Crippen LogP contribution in [-0.4, -0.2) is 14.6 Å². The minimum Gasteiger partial charge on any atom is -0.260 e. The molecule has 0 amide bonds. The lowest BCUT2D eigenvalue weighted by atomic mass is 10.1. The number of nitriles is 1. The van der Waals surface area contributed by atoms with E-state index in [0.29, 0.717) is 20.7 Å². The van der Waals surface area contributed by atoms with Crippen LogP contribution in [0.3, 0.4) is 0 Å². The molecule has 1 aromatic heterocycles. The van der Waals surface area contributed by atoms with Gasteiger partial charge in [0.05, 0.1) is 22.7 Å². The fraction of sp³-hybridized carbons (Fsp3) is 0.294. The lowest BCUT2D eigenvalue weighted by molar-refractivity contribution is -0.137. The summed E-state index contributed by atoms with van der Waals surface area (Å²) in [5, 5.41) is 17.1. The summed E-state index contributed by atoms with van der Waals surface area (Å²) in [6.45, 7) is 0. The lowest BCUT2D eigenvalue weighted by Gasteiger charge is -2.21. The third-order valence-electron chi connectivity index (χ3n) is 4.35. The van der Waals surface area contributed by atoms with E-state index in [1.54, 1.807) is 0 Å². The molecule has 2 aliphatic rings. The molecule has 0 N–H and O–H groups in total. The zero-order chi connectivity index (χ0) is 19.2. The van der Waals surface area contributed by atoms with E-state index < -0.39 is 23.2 Å². The summed E-state index contributed by atoms with van der Waals surface area (Å²) in [7, 11) is 0. The second-order valence-electron chi connectivity index (χ2n) is 6.17. The summed E-state index contributed by atoms with van der Waals surface area (Å²) in [5.41, 5.74) is -0.0866. The van der Waals surface area contributed by atoms with Gasteiger partial charge in [-0.25, -0.2) is 0 Å². The lowest BCUT2D eigenvalue weighted by Crippen LogP contribution is -2.15. The fourth-order valence-corrected chi connectivity index (χ4v) is 5.04. The molecule has 1 fully saturated rings. The van der Waals surface area contributed by atoms with E-state index >= 15 is 0 Å². The first-order chi connectivity index (χ1) is 12.8. The van der Waals surface area contributed by atoms with Crippen LogP contribution in [0.4, 0.5) is 17.6 Å². The molecule has 1 aromatic carbocycles. The van der Waals surface area contributed by atoms with Gasteiger partial charge >= 0.3 is 6.18 Å². The van der Waals surface area contributed by atoms with Crippen molar-refractivity contribution in [2.24, 2.45) is 4.99 Å². The van der Waals surface area contributed by atoms with Crippen molar-refractivity contribution in [3.8, 4) is 6.07 Å². The molecule has 27 heavy (non-hydrogen) atoms. The molecule has 2 aromatic rings. The Morgan fingerprint density at radius 1 is 1.22 bits per heavy atom. The standard InChI is InChI=1S/C17H10F4N4S2/c18-13-6-12-14(25-24-13)27-15(23-16(12)3-4-16)26-8-9-1-2-11(17(19,20)21)5-10(9)7-22/h1-2,5-6H,3-4,8H2. The average Bonchev–Trinajstić information content (AvgIpc) is 3.39. The molecular weight excluding hydrogens is 400 g/mol. The highest BCUT2D eigenvalue weighted by Gasteiger charge is 2.49. The number of fused-ring (bicyclic) bond motifs is 2. The number of benzene rings is 1. The minimum absolute atomic E-state index is 0.0119. The van der Waals surface area contributed by atoms with E-state index in [2.05, 4.69) is 15.2 Å². The van der Waals surface area contributed by atoms with Crippen molar-refractivity contribution in [1.29, 1.82) is 5.26 Å². The number of thioether (sulfide) groups is 2. The van der Waals surface area contributed by atoms with E-state index in [1.807, 2.05) is 6.07 Å². The number of hydrogen-bond acceptors (Lipinski definition) is 6. The first-order valence-electron chi connectivity index (χ1n) is 7.85. The average molecular weight is 410 g/mol. The number of aromatic nitrogens is 2. The molecule has 0 unspecified atom stereocenters. The molecule has 138 valence electrons. The Hall–Kier alpha value is -2.12. The summed E-state index contributed by atoms with van der Waals surface area (Å²) in [5.74, 6) is -0.345. The highest BCUT2D eigenvalue weighted by atomic mass is 32.2. The molecule has 1 saturated carbocycles. The van der Waals surface area contributed by atoms with E-state index in [1.165, 1.54) is 35.7 Å². The van der Waals surface area contributed by atoms with E-state index in [-0.39, 0.29) is 5.56 Å². The van der Waals surface area contributed by atoms with Crippen molar-refractivity contribution in [1.82, 2.24) is 10.2 Å². The van der Waals surface area contributed by atoms with Gasteiger partial charge in [-0.1, -0.05) is 17.8 Å². The van der Waals surface area contributed by atoms with Gasteiger partial charge in [0.1, 0.15) is 9.40 Å². The first-order valence-corrected chi connectivity index (χ1v) is 9.65. The summed E-state index contributed by atoms with van der Waals surface area (Å²) in [6.07, 6.45) is -2.91. The van der Waals surface area contributed by atoms with Crippen molar-refractivity contribution < 1.29 is 17.6 Å². The van der Waals surface area contributed by atoms with Gasteiger partial charge in [0.25, 0.3) is 0 Å². The Bertz CT molecular complexity index is 993. The fourth-order valence-electron chi connectivity index (χ4n) is 2.79. The Labute approximate surface area is 160 Å². The van der Waals surface area contributed by atoms with Crippen LogP contribution in [0.15, 0.2) is 34.3 Å². The van der Waals surface area contributed by atoms with Gasteiger partial charge in [-0.05, 0) is 42.3 Å². The third-order valence-corrected chi connectivity index (χ3v) is 6.51. The predicted octanol–water partition coefficient (Wildman–Crippen LogP) is 4.89. The van der Waals surface area contributed by atoms with Gasteiger partial charge in [0.15, 0.2) is 0 Å². The van der Waals surface area contributed by atoms with Crippen LogP contribution in [0.25, 0.3) is 0 Å². The molecule has 0 radical (unpaired) electrons. The van der Waals surface area contributed by atoms with Crippen LogP contribution in [0, 0.1) is 17.3 Å². The van der Waals surface area contributed by atoms with Crippen molar-refractivity contribution in [2.75, 3.05) is 0 Å². The number of hydrogen-bond donors (Lipinski definition) is 0. The van der Waals surface area contributed by atoms with Crippen molar-refractivity contribution in [2.45, 2.75) is 35.3 Å². The molecule has 1 aliphatic heterocycles. The number of nitrogens with zero attached hydrogens (tertiary/aromatic N) is 4. The Kier molecular flexibility index (Phi) is 4.39. The number of alkyl halides is 3. The number of aliphatic imine (C=N–C) groups is 1. The number of rotatable bonds is 2. The third kappa shape index (κ3) is 3.53. The highest BCUT2D eigenvalue weighted by Crippen LogP contribution is 2.56. The van der Waals surface area contributed by atoms with Gasteiger partial charge in [-0.15, -0.1) is 10.2 Å². The molecule has 0 saturated heterocycles. The van der Waals surface area contributed by atoms with E-state index in [0.717, 1.165) is 30.5 Å². The Morgan fingerprint density at radius 2 is 2.00 bits per heavy atom. The maximum absolute atomic E-state index is 13.4. The largest absolute Gasteiger partial charge is 0.416 e. The van der Waals surface area contributed by atoms with Crippen molar-refractivity contribution in [3.63, 3.8) is 0 Å². The number of halogens is 4. The van der Waals surface area contributed by atoms with E-state index in [4.69, 9.17) is 0 Å². The maximum Gasteiger partial charge on any atom is 0.416 e. The Morgan fingerprint density at radius 3 is 2.67 bits per heavy atom.